The first-order chi connectivity index (χ1) is 10.2. The Kier molecular flexibility index (Phi) is 4.08. The SMILES string of the molecule is Cc1cccc(-c2nnc(C(Cl)c3ccccc3)o2)c1Br. The van der Waals surface area contributed by atoms with Gasteiger partial charge in [-0.15, -0.1) is 21.8 Å². The summed E-state index contributed by atoms with van der Waals surface area (Å²) >= 11 is 9.94. The summed E-state index contributed by atoms with van der Waals surface area (Å²) in [4.78, 5) is 0. The molecule has 1 heterocycles. The molecule has 0 spiro atoms. The van der Waals surface area contributed by atoms with Gasteiger partial charge in [0.1, 0.15) is 5.38 Å². The highest BCUT2D eigenvalue weighted by Crippen LogP contribution is 2.33. The minimum atomic E-state index is -0.448. The molecule has 21 heavy (non-hydrogen) atoms. The Hall–Kier alpha value is -1.65. The summed E-state index contributed by atoms with van der Waals surface area (Å²) < 4.78 is 6.69. The number of aryl methyl sites for hydroxylation is 1. The first-order valence-electron chi connectivity index (χ1n) is 6.44. The van der Waals surface area contributed by atoms with Gasteiger partial charge in [-0.05, 0) is 40.0 Å². The van der Waals surface area contributed by atoms with E-state index in [4.69, 9.17) is 16.0 Å². The van der Waals surface area contributed by atoms with E-state index in [2.05, 4.69) is 26.1 Å². The Morgan fingerprint density at radius 2 is 1.81 bits per heavy atom. The third kappa shape index (κ3) is 2.87. The lowest BCUT2D eigenvalue weighted by Crippen LogP contribution is -1.92. The second kappa shape index (κ2) is 6.00. The second-order valence-electron chi connectivity index (χ2n) is 4.66. The average molecular weight is 364 g/mol. The largest absolute Gasteiger partial charge is 0.419 e. The van der Waals surface area contributed by atoms with Gasteiger partial charge in [0.25, 0.3) is 0 Å². The topological polar surface area (TPSA) is 38.9 Å². The van der Waals surface area contributed by atoms with Gasteiger partial charge in [0.2, 0.25) is 11.8 Å². The summed E-state index contributed by atoms with van der Waals surface area (Å²) in [5, 5.41) is 7.73. The van der Waals surface area contributed by atoms with Gasteiger partial charge < -0.3 is 4.42 Å². The van der Waals surface area contributed by atoms with E-state index in [1.807, 2.05) is 55.5 Å². The smallest absolute Gasteiger partial charge is 0.248 e. The summed E-state index contributed by atoms with van der Waals surface area (Å²) in [7, 11) is 0. The molecule has 2 aromatic carbocycles. The predicted octanol–water partition coefficient (Wildman–Crippen LogP) is 5.14. The minimum Gasteiger partial charge on any atom is -0.419 e. The molecule has 3 nitrogen and oxygen atoms in total. The van der Waals surface area contributed by atoms with Crippen molar-refractivity contribution in [2.45, 2.75) is 12.3 Å². The Morgan fingerprint density at radius 3 is 2.57 bits per heavy atom. The van der Waals surface area contributed by atoms with Crippen molar-refractivity contribution in [2.75, 3.05) is 0 Å². The van der Waals surface area contributed by atoms with Gasteiger partial charge >= 0.3 is 0 Å². The molecule has 1 atom stereocenters. The van der Waals surface area contributed by atoms with Crippen molar-refractivity contribution in [3.05, 3.63) is 70.0 Å². The molecule has 0 bridgehead atoms. The maximum Gasteiger partial charge on any atom is 0.248 e. The normalized spacial score (nSPS) is 12.3. The zero-order valence-electron chi connectivity index (χ0n) is 11.3. The van der Waals surface area contributed by atoms with E-state index in [0.29, 0.717) is 11.8 Å². The van der Waals surface area contributed by atoms with Crippen LogP contribution < -0.4 is 0 Å². The monoisotopic (exact) mass is 362 g/mol. The molecule has 0 aliphatic carbocycles. The number of hydrogen-bond donors (Lipinski definition) is 0. The molecule has 0 aliphatic rings. The van der Waals surface area contributed by atoms with E-state index in [1.54, 1.807) is 0 Å². The summed E-state index contributed by atoms with van der Waals surface area (Å²) in [5.41, 5.74) is 2.90. The van der Waals surface area contributed by atoms with Crippen LogP contribution in [0.3, 0.4) is 0 Å². The molecule has 0 N–H and O–H groups in total. The second-order valence-corrected chi connectivity index (χ2v) is 5.88. The van der Waals surface area contributed by atoms with Gasteiger partial charge in [0.05, 0.1) is 5.56 Å². The number of hydrogen-bond acceptors (Lipinski definition) is 3. The summed E-state index contributed by atoms with van der Waals surface area (Å²) in [6.45, 7) is 2.01. The van der Waals surface area contributed by atoms with Crippen LogP contribution in [0.1, 0.15) is 22.4 Å². The number of rotatable bonds is 3. The molecule has 0 fully saturated rings. The molecule has 5 heteroatoms. The fourth-order valence-electron chi connectivity index (χ4n) is 2.02. The van der Waals surface area contributed by atoms with Crippen molar-refractivity contribution >= 4 is 27.5 Å². The fourth-order valence-corrected chi connectivity index (χ4v) is 2.69. The van der Waals surface area contributed by atoms with Gasteiger partial charge in [0, 0.05) is 4.47 Å². The molecular formula is C16H12BrClN2O. The van der Waals surface area contributed by atoms with E-state index < -0.39 is 5.38 Å². The van der Waals surface area contributed by atoms with Gasteiger partial charge in [-0.1, -0.05) is 42.5 Å². The highest BCUT2D eigenvalue weighted by molar-refractivity contribution is 9.10. The first kappa shape index (κ1) is 14.3. The molecule has 3 rings (SSSR count). The van der Waals surface area contributed by atoms with E-state index in [1.165, 1.54) is 0 Å². The van der Waals surface area contributed by atoms with Gasteiger partial charge in [-0.2, -0.15) is 0 Å². The zero-order chi connectivity index (χ0) is 14.8. The van der Waals surface area contributed by atoms with Crippen LogP contribution in [0.5, 0.6) is 0 Å². The highest BCUT2D eigenvalue weighted by atomic mass is 79.9. The van der Waals surface area contributed by atoms with Crippen molar-refractivity contribution in [1.29, 1.82) is 0 Å². The quantitative estimate of drug-likeness (QED) is 0.605. The van der Waals surface area contributed by atoms with E-state index in [0.717, 1.165) is 21.2 Å². The molecule has 0 amide bonds. The Balaban J connectivity index is 1.95. The third-order valence-corrected chi connectivity index (χ3v) is 4.66. The van der Waals surface area contributed by atoms with E-state index >= 15 is 0 Å². The van der Waals surface area contributed by atoms with Crippen LogP contribution in [0.15, 0.2) is 57.4 Å². The first-order valence-corrected chi connectivity index (χ1v) is 7.67. The Labute approximate surface area is 136 Å². The molecular weight excluding hydrogens is 352 g/mol. The summed E-state index contributed by atoms with van der Waals surface area (Å²) in [6, 6.07) is 15.6. The van der Waals surface area contributed by atoms with Crippen molar-refractivity contribution < 1.29 is 4.42 Å². The van der Waals surface area contributed by atoms with Gasteiger partial charge in [-0.25, -0.2) is 0 Å². The summed E-state index contributed by atoms with van der Waals surface area (Å²) in [5.74, 6) is 0.855. The van der Waals surface area contributed by atoms with Crippen LogP contribution in [0, 0.1) is 6.92 Å². The lowest BCUT2D eigenvalue weighted by molar-refractivity contribution is 0.513. The van der Waals surface area contributed by atoms with Crippen LogP contribution >= 0.6 is 27.5 Å². The Bertz CT molecular complexity index is 758. The van der Waals surface area contributed by atoms with Crippen molar-refractivity contribution in [1.82, 2.24) is 10.2 Å². The highest BCUT2D eigenvalue weighted by Gasteiger charge is 2.19. The van der Waals surface area contributed by atoms with Crippen molar-refractivity contribution in [2.24, 2.45) is 0 Å². The molecule has 0 saturated carbocycles. The van der Waals surface area contributed by atoms with E-state index in [9.17, 15) is 0 Å². The van der Waals surface area contributed by atoms with Crippen LogP contribution in [0.2, 0.25) is 0 Å². The van der Waals surface area contributed by atoms with E-state index in [-0.39, 0.29) is 0 Å². The number of halogens is 2. The minimum absolute atomic E-state index is 0.395. The fraction of sp³-hybridized carbons (Fsp3) is 0.125. The lowest BCUT2D eigenvalue weighted by atomic mass is 10.1. The predicted molar refractivity (Wildman–Crippen MR) is 86.3 cm³/mol. The van der Waals surface area contributed by atoms with Gasteiger partial charge in [0.15, 0.2) is 0 Å². The van der Waals surface area contributed by atoms with Crippen LogP contribution in [0.4, 0.5) is 0 Å². The number of nitrogens with zero attached hydrogens (tertiary/aromatic N) is 2. The van der Waals surface area contributed by atoms with Crippen molar-refractivity contribution in [3.8, 4) is 11.5 Å². The lowest BCUT2D eigenvalue weighted by Gasteiger charge is -2.04. The number of benzene rings is 2. The van der Waals surface area contributed by atoms with Crippen LogP contribution in [-0.4, -0.2) is 10.2 Å². The maximum absolute atomic E-state index is 6.40. The third-order valence-electron chi connectivity index (χ3n) is 3.17. The van der Waals surface area contributed by atoms with Gasteiger partial charge in [-0.3, -0.25) is 0 Å². The molecule has 0 aliphatic heterocycles. The van der Waals surface area contributed by atoms with Crippen molar-refractivity contribution in [3.63, 3.8) is 0 Å². The molecule has 0 saturated heterocycles. The molecule has 0 radical (unpaired) electrons. The summed E-state index contributed by atoms with van der Waals surface area (Å²) in [6.07, 6.45) is 0. The molecule has 1 aromatic heterocycles. The van der Waals surface area contributed by atoms with Crippen LogP contribution in [-0.2, 0) is 0 Å². The maximum atomic E-state index is 6.40. The Morgan fingerprint density at radius 1 is 1.05 bits per heavy atom. The molecule has 106 valence electrons. The molecule has 3 aromatic rings. The number of alkyl halides is 1. The zero-order valence-corrected chi connectivity index (χ0v) is 13.6. The molecule has 1 unspecified atom stereocenters. The average Bonchev–Trinajstić information content (AvgIpc) is 3.00. The van der Waals surface area contributed by atoms with Crippen LogP contribution in [0.25, 0.3) is 11.5 Å². The standard InChI is InChI=1S/C16H12BrClN2O/c1-10-6-5-9-12(13(10)17)15-19-20-16(21-15)14(18)11-7-3-2-4-8-11/h2-9,14H,1H3. The number of aromatic nitrogens is 2.